The molecule has 5 nitrogen and oxygen atoms in total. The van der Waals surface area contributed by atoms with Crippen molar-refractivity contribution in [3.8, 4) is 62.5 Å². The third-order valence-electron chi connectivity index (χ3n) is 11.1. The van der Waals surface area contributed by atoms with E-state index in [0.717, 1.165) is 55.7 Å². The van der Waals surface area contributed by atoms with E-state index < -0.39 is 0 Å². The fourth-order valence-electron chi connectivity index (χ4n) is 8.62. The van der Waals surface area contributed by atoms with E-state index in [-0.39, 0.29) is 0 Å². The first-order chi connectivity index (χ1) is 28.7. The number of aromatic nitrogens is 4. The molecule has 0 bridgehead atoms. The van der Waals surface area contributed by atoms with Gasteiger partial charge in [-0.25, -0.2) is 9.97 Å². The molecule has 270 valence electrons. The Morgan fingerprint density at radius 2 is 0.793 bits per heavy atom. The maximum Gasteiger partial charge on any atom is 0.160 e. The first-order valence-corrected chi connectivity index (χ1v) is 19.4. The smallest absolute Gasteiger partial charge is 0.160 e. The lowest BCUT2D eigenvalue weighted by Crippen LogP contribution is -2.02. The molecule has 5 heteroatoms. The van der Waals surface area contributed by atoms with E-state index >= 15 is 0 Å². The van der Waals surface area contributed by atoms with Crippen molar-refractivity contribution in [3.05, 3.63) is 206 Å². The minimum absolute atomic E-state index is 0.446. The van der Waals surface area contributed by atoms with E-state index in [1.807, 2.05) is 66.7 Å². The molecule has 0 N–H and O–H groups in total. The van der Waals surface area contributed by atoms with Crippen LogP contribution in [0.4, 0.5) is 0 Å². The molecule has 0 radical (unpaired) electrons. The Morgan fingerprint density at radius 3 is 1.31 bits per heavy atom. The van der Waals surface area contributed by atoms with Crippen LogP contribution in [0.1, 0.15) is 5.56 Å². The van der Waals surface area contributed by atoms with Crippen molar-refractivity contribution in [3.63, 3.8) is 0 Å². The van der Waals surface area contributed by atoms with Gasteiger partial charge in [-0.1, -0.05) is 146 Å². The third-order valence-corrected chi connectivity index (χ3v) is 11.1. The summed E-state index contributed by atoms with van der Waals surface area (Å²) in [5.74, 6) is 0.546. The van der Waals surface area contributed by atoms with Gasteiger partial charge in [-0.15, -0.1) is 0 Å². The molecule has 8 aromatic carbocycles. The molecule has 0 aliphatic carbocycles. The Morgan fingerprint density at radius 1 is 0.362 bits per heavy atom. The number of rotatable bonds is 6. The maximum absolute atomic E-state index is 10.6. The van der Waals surface area contributed by atoms with E-state index in [1.165, 1.54) is 27.1 Å². The summed E-state index contributed by atoms with van der Waals surface area (Å²) in [5.41, 5.74) is 13.0. The van der Waals surface area contributed by atoms with Crippen molar-refractivity contribution in [2.45, 2.75) is 0 Å². The molecular formula is C53H33N5. The minimum Gasteiger partial charge on any atom is -0.309 e. The maximum atomic E-state index is 10.6. The van der Waals surface area contributed by atoms with Crippen LogP contribution in [0, 0.1) is 11.3 Å². The zero-order valence-corrected chi connectivity index (χ0v) is 31.3. The van der Waals surface area contributed by atoms with Gasteiger partial charge in [-0.2, -0.15) is 5.26 Å². The summed E-state index contributed by atoms with van der Waals surface area (Å²) in [6.45, 7) is 0. The third kappa shape index (κ3) is 5.31. The number of nitriles is 1. The van der Waals surface area contributed by atoms with Crippen LogP contribution in [-0.2, 0) is 0 Å². The predicted octanol–water partition coefficient (Wildman–Crippen LogP) is 13.2. The van der Waals surface area contributed by atoms with Crippen LogP contribution in [0.5, 0.6) is 0 Å². The summed E-state index contributed by atoms with van der Waals surface area (Å²) in [5, 5.41) is 15.4. The lowest BCUT2D eigenvalue weighted by atomic mass is 9.98. The lowest BCUT2D eigenvalue weighted by Gasteiger charge is -2.16. The van der Waals surface area contributed by atoms with E-state index in [1.54, 1.807) is 0 Å². The van der Waals surface area contributed by atoms with Gasteiger partial charge in [-0.3, -0.25) is 0 Å². The van der Waals surface area contributed by atoms with Gasteiger partial charge in [0.05, 0.1) is 33.5 Å². The van der Waals surface area contributed by atoms with E-state index in [4.69, 9.17) is 9.97 Å². The van der Waals surface area contributed by atoms with Crippen molar-refractivity contribution in [2.24, 2.45) is 0 Å². The second-order valence-electron chi connectivity index (χ2n) is 14.5. The molecule has 0 aliphatic heterocycles. The summed E-state index contributed by atoms with van der Waals surface area (Å²) < 4.78 is 4.76. The number of nitrogens with zero attached hydrogens (tertiary/aromatic N) is 5. The molecule has 0 atom stereocenters. The molecule has 0 saturated heterocycles. The number of hydrogen-bond donors (Lipinski definition) is 0. The van der Waals surface area contributed by atoms with Gasteiger partial charge in [0.25, 0.3) is 0 Å². The zero-order chi connectivity index (χ0) is 38.6. The topological polar surface area (TPSA) is 59.4 Å². The molecule has 11 rings (SSSR count). The Bertz CT molecular complexity index is 3320. The first kappa shape index (κ1) is 33.3. The van der Waals surface area contributed by atoms with Crippen molar-refractivity contribution in [1.29, 1.82) is 5.26 Å². The fraction of sp³-hybridized carbons (Fsp3) is 0. The predicted molar refractivity (Wildman–Crippen MR) is 237 cm³/mol. The second kappa shape index (κ2) is 13.6. The molecule has 0 spiro atoms. The van der Waals surface area contributed by atoms with Crippen LogP contribution in [0.3, 0.4) is 0 Å². The second-order valence-corrected chi connectivity index (χ2v) is 14.5. The van der Waals surface area contributed by atoms with Gasteiger partial charge in [0.15, 0.2) is 5.82 Å². The molecule has 0 saturated carbocycles. The summed E-state index contributed by atoms with van der Waals surface area (Å²) in [4.78, 5) is 10.4. The SMILES string of the molecule is N#Cc1c(-c2ccccc2)nc(-c2cc(-c3ccccc3)cc(-n3c4ccccc4c4c5c6ccccc6n(-c6ccccc6)c5ccc43)c2)nc1-c1ccccc1. The minimum atomic E-state index is 0.446. The highest BCUT2D eigenvalue weighted by Crippen LogP contribution is 2.43. The van der Waals surface area contributed by atoms with Gasteiger partial charge >= 0.3 is 0 Å². The van der Waals surface area contributed by atoms with Gasteiger partial charge in [0.2, 0.25) is 0 Å². The quantitative estimate of drug-likeness (QED) is 0.171. The van der Waals surface area contributed by atoms with Crippen LogP contribution in [0.25, 0.3) is 100 Å². The summed E-state index contributed by atoms with van der Waals surface area (Å²) in [7, 11) is 0. The highest BCUT2D eigenvalue weighted by Gasteiger charge is 2.23. The van der Waals surface area contributed by atoms with Crippen LogP contribution >= 0.6 is 0 Å². The van der Waals surface area contributed by atoms with E-state index in [0.29, 0.717) is 22.8 Å². The molecule has 58 heavy (non-hydrogen) atoms. The average molecular weight is 740 g/mol. The molecular weight excluding hydrogens is 707 g/mol. The highest BCUT2D eigenvalue weighted by molar-refractivity contribution is 6.29. The zero-order valence-electron chi connectivity index (χ0n) is 31.3. The lowest BCUT2D eigenvalue weighted by molar-refractivity contribution is 1.15. The van der Waals surface area contributed by atoms with E-state index in [2.05, 4.69) is 149 Å². The molecule has 11 aromatic rings. The molecule has 0 amide bonds. The van der Waals surface area contributed by atoms with E-state index in [9.17, 15) is 5.26 Å². The highest BCUT2D eigenvalue weighted by atomic mass is 15.0. The van der Waals surface area contributed by atoms with Crippen LogP contribution in [0.15, 0.2) is 200 Å². The largest absolute Gasteiger partial charge is 0.309 e. The van der Waals surface area contributed by atoms with Crippen molar-refractivity contribution in [2.75, 3.05) is 0 Å². The Labute approximate surface area is 335 Å². The van der Waals surface area contributed by atoms with Gasteiger partial charge in [0, 0.05) is 49.6 Å². The summed E-state index contributed by atoms with van der Waals surface area (Å²) in [6.07, 6.45) is 0. The molecule has 0 aliphatic rings. The van der Waals surface area contributed by atoms with Crippen LogP contribution < -0.4 is 0 Å². The number of para-hydroxylation sites is 3. The number of fused-ring (bicyclic) bond motifs is 7. The Balaban J connectivity index is 1.23. The van der Waals surface area contributed by atoms with Crippen molar-refractivity contribution in [1.82, 2.24) is 19.1 Å². The van der Waals surface area contributed by atoms with Crippen LogP contribution in [-0.4, -0.2) is 19.1 Å². The monoisotopic (exact) mass is 739 g/mol. The molecule has 3 heterocycles. The standard InChI is InChI=1S/C53H33N5/c54-34-44-51(36-19-7-2-8-20-36)55-53(56-52(44)37-21-9-3-10-22-37)39-31-38(35-17-5-1-6-18-35)32-41(33-39)58-46-28-16-14-26-43(46)50-48(58)30-29-47-49(50)42-25-13-15-27-45(42)57(47)40-23-11-4-12-24-40/h1-33H. The summed E-state index contributed by atoms with van der Waals surface area (Å²) >= 11 is 0. The molecule has 3 aromatic heterocycles. The number of benzene rings is 8. The number of hydrogen-bond acceptors (Lipinski definition) is 3. The van der Waals surface area contributed by atoms with Crippen molar-refractivity contribution < 1.29 is 0 Å². The average Bonchev–Trinajstić information content (AvgIpc) is 3.82. The normalized spacial score (nSPS) is 11.4. The Kier molecular flexibility index (Phi) is 7.80. The first-order valence-electron chi connectivity index (χ1n) is 19.4. The molecule has 0 fully saturated rings. The fourth-order valence-corrected chi connectivity index (χ4v) is 8.62. The Hall–Kier alpha value is -8.07. The van der Waals surface area contributed by atoms with Crippen molar-refractivity contribution >= 4 is 43.6 Å². The van der Waals surface area contributed by atoms with Gasteiger partial charge < -0.3 is 9.13 Å². The molecule has 0 unspecified atom stereocenters. The van der Waals surface area contributed by atoms with Gasteiger partial charge in [-0.05, 0) is 65.7 Å². The van der Waals surface area contributed by atoms with Gasteiger partial charge in [0.1, 0.15) is 11.6 Å². The van der Waals surface area contributed by atoms with Crippen LogP contribution in [0.2, 0.25) is 0 Å². The summed E-state index contributed by atoms with van der Waals surface area (Å²) in [6, 6.07) is 72.0.